The number of hydrogen-bond donors (Lipinski definition) is 0. The molecule has 1 heterocycles. The maximum Gasteiger partial charge on any atom is 0.0845 e. The van der Waals surface area contributed by atoms with E-state index >= 15 is 0 Å². The van der Waals surface area contributed by atoms with Crippen molar-refractivity contribution in [1.82, 2.24) is 0 Å². The smallest absolute Gasteiger partial charge is 0.0845 e. The van der Waals surface area contributed by atoms with E-state index in [0.717, 1.165) is 6.42 Å². The molecular formula is C15H22O. The van der Waals surface area contributed by atoms with Gasteiger partial charge in [0.1, 0.15) is 0 Å². The summed E-state index contributed by atoms with van der Waals surface area (Å²) in [5, 5.41) is 0. The van der Waals surface area contributed by atoms with Crippen LogP contribution in [0.3, 0.4) is 0 Å². The van der Waals surface area contributed by atoms with Crippen LogP contribution in [0, 0.1) is 0 Å². The molecule has 1 aliphatic heterocycles. The van der Waals surface area contributed by atoms with Crippen molar-refractivity contribution in [2.45, 2.75) is 58.2 Å². The molecule has 0 saturated carbocycles. The molecule has 1 aliphatic rings. The second-order valence-corrected chi connectivity index (χ2v) is 4.73. The highest BCUT2D eigenvalue weighted by molar-refractivity contribution is 5.22. The molecule has 0 radical (unpaired) electrons. The van der Waals surface area contributed by atoms with E-state index in [4.69, 9.17) is 4.74 Å². The van der Waals surface area contributed by atoms with Crippen LogP contribution in [0.15, 0.2) is 24.3 Å². The van der Waals surface area contributed by atoms with Crippen LogP contribution < -0.4 is 0 Å². The summed E-state index contributed by atoms with van der Waals surface area (Å²) in [7, 11) is 0. The van der Waals surface area contributed by atoms with Gasteiger partial charge in [0.05, 0.1) is 12.2 Å². The zero-order valence-electron chi connectivity index (χ0n) is 10.4. The van der Waals surface area contributed by atoms with Crippen molar-refractivity contribution in [3.05, 3.63) is 35.4 Å². The summed E-state index contributed by atoms with van der Waals surface area (Å²) in [6.45, 7) is 4.42. The molecule has 1 heteroatoms. The minimum atomic E-state index is 0.542. The van der Waals surface area contributed by atoms with Crippen LogP contribution in [0.4, 0.5) is 0 Å². The van der Waals surface area contributed by atoms with Crippen LogP contribution in [0.2, 0.25) is 0 Å². The first-order valence-electron chi connectivity index (χ1n) is 6.56. The molecule has 0 aliphatic carbocycles. The Morgan fingerprint density at radius 2 is 1.56 bits per heavy atom. The van der Waals surface area contributed by atoms with Gasteiger partial charge in [-0.1, -0.05) is 44.5 Å². The van der Waals surface area contributed by atoms with Gasteiger partial charge in [-0.05, 0) is 36.8 Å². The summed E-state index contributed by atoms with van der Waals surface area (Å²) >= 11 is 0. The Morgan fingerprint density at radius 3 is 2.06 bits per heavy atom. The topological polar surface area (TPSA) is 12.5 Å². The van der Waals surface area contributed by atoms with Crippen molar-refractivity contribution < 1.29 is 4.74 Å². The Morgan fingerprint density at radius 1 is 0.938 bits per heavy atom. The summed E-state index contributed by atoms with van der Waals surface area (Å²) in [6, 6.07) is 9.08. The Labute approximate surface area is 98.8 Å². The van der Waals surface area contributed by atoms with Crippen molar-refractivity contribution in [3.8, 4) is 0 Å². The van der Waals surface area contributed by atoms with E-state index in [0.29, 0.717) is 12.2 Å². The highest BCUT2D eigenvalue weighted by Crippen LogP contribution is 2.29. The Balaban J connectivity index is 1.77. The number of benzene rings is 1. The highest BCUT2D eigenvalue weighted by Gasteiger charge is 2.35. The van der Waals surface area contributed by atoms with Crippen LogP contribution in [0.25, 0.3) is 0 Å². The molecule has 1 aromatic carbocycles. The van der Waals surface area contributed by atoms with Crippen molar-refractivity contribution in [3.63, 3.8) is 0 Å². The van der Waals surface area contributed by atoms with Gasteiger partial charge in [0.25, 0.3) is 0 Å². The molecule has 0 amide bonds. The van der Waals surface area contributed by atoms with Crippen LogP contribution >= 0.6 is 0 Å². The molecule has 2 unspecified atom stereocenters. The third kappa shape index (κ3) is 3.08. The number of aryl methyl sites for hydroxylation is 2. The summed E-state index contributed by atoms with van der Waals surface area (Å²) in [4.78, 5) is 0. The molecule has 0 spiro atoms. The van der Waals surface area contributed by atoms with Gasteiger partial charge in [-0.25, -0.2) is 0 Å². The van der Waals surface area contributed by atoms with Gasteiger partial charge in [0, 0.05) is 0 Å². The quantitative estimate of drug-likeness (QED) is 0.662. The molecule has 0 bridgehead atoms. The van der Waals surface area contributed by atoms with Gasteiger partial charge < -0.3 is 4.74 Å². The van der Waals surface area contributed by atoms with E-state index in [9.17, 15) is 0 Å². The first-order valence-corrected chi connectivity index (χ1v) is 6.56. The fraction of sp³-hybridized carbons (Fsp3) is 0.600. The van der Waals surface area contributed by atoms with Crippen LogP contribution in [-0.4, -0.2) is 12.2 Å². The van der Waals surface area contributed by atoms with Gasteiger partial charge in [0.15, 0.2) is 0 Å². The normalized spacial score (nSPS) is 23.4. The lowest BCUT2D eigenvalue weighted by atomic mass is 10.0. The van der Waals surface area contributed by atoms with E-state index < -0.39 is 0 Å². The molecule has 16 heavy (non-hydrogen) atoms. The Bertz CT molecular complexity index is 315. The molecule has 1 nitrogen and oxygen atoms in total. The van der Waals surface area contributed by atoms with Crippen LogP contribution in [0.5, 0.6) is 0 Å². The molecule has 0 N–H and O–H groups in total. The predicted octanol–water partition coefficient (Wildman–Crippen LogP) is 3.75. The average molecular weight is 218 g/mol. The van der Waals surface area contributed by atoms with Crippen LogP contribution in [-0.2, 0) is 17.6 Å². The second-order valence-electron chi connectivity index (χ2n) is 4.73. The average Bonchev–Trinajstić information content (AvgIpc) is 3.07. The second kappa shape index (κ2) is 5.49. The van der Waals surface area contributed by atoms with Crippen molar-refractivity contribution in [2.24, 2.45) is 0 Å². The molecule has 88 valence electrons. The molecular weight excluding hydrogens is 196 g/mol. The molecule has 1 saturated heterocycles. The molecule has 2 rings (SSSR count). The highest BCUT2D eigenvalue weighted by atomic mass is 16.6. The zero-order chi connectivity index (χ0) is 11.4. The SMILES string of the molecule is CCCc1ccc(CCC2OC2CC)cc1. The summed E-state index contributed by atoms with van der Waals surface area (Å²) in [6.07, 6.45) is 7.04. The standard InChI is InChI=1S/C15H22O/c1-3-5-12-6-8-13(9-7-12)10-11-15-14(4-2)16-15/h6-9,14-15H,3-5,10-11H2,1-2H3. The predicted molar refractivity (Wildman–Crippen MR) is 67.7 cm³/mol. The molecule has 2 atom stereocenters. The van der Waals surface area contributed by atoms with Crippen molar-refractivity contribution in [1.29, 1.82) is 0 Å². The lowest BCUT2D eigenvalue weighted by Crippen LogP contribution is -1.95. The van der Waals surface area contributed by atoms with Crippen molar-refractivity contribution in [2.75, 3.05) is 0 Å². The summed E-state index contributed by atoms with van der Waals surface area (Å²) in [5.74, 6) is 0. The van der Waals surface area contributed by atoms with Gasteiger partial charge in [0.2, 0.25) is 0 Å². The van der Waals surface area contributed by atoms with Crippen LogP contribution in [0.1, 0.15) is 44.2 Å². The Hall–Kier alpha value is -0.820. The maximum atomic E-state index is 5.55. The first kappa shape index (κ1) is 11.7. The van der Waals surface area contributed by atoms with Gasteiger partial charge >= 0.3 is 0 Å². The zero-order valence-corrected chi connectivity index (χ0v) is 10.4. The monoisotopic (exact) mass is 218 g/mol. The number of rotatable bonds is 6. The molecule has 1 fully saturated rings. The number of ether oxygens (including phenoxy) is 1. The molecule has 0 aromatic heterocycles. The maximum absolute atomic E-state index is 5.55. The lowest BCUT2D eigenvalue weighted by Gasteiger charge is -2.02. The minimum absolute atomic E-state index is 0.542. The fourth-order valence-electron chi connectivity index (χ4n) is 2.26. The third-order valence-electron chi connectivity index (χ3n) is 3.37. The van der Waals surface area contributed by atoms with Gasteiger partial charge in [-0.15, -0.1) is 0 Å². The largest absolute Gasteiger partial charge is 0.370 e. The van der Waals surface area contributed by atoms with E-state index in [1.807, 2.05) is 0 Å². The van der Waals surface area contributed by atoms with E-state index in [2.05, 4.69) is 38.1 Å². The summed E-state index contributed by atoms with van der Waals surface area (Å²) < 4.78 is 5.55. The first-order chi connectivity index (χ1) is 7.83. The van der Waals surface area contributed by atoms with Gasteiger partial charge in [-0.3, -0.25) is 0 Å². The van der Waals surface area contributed by atoms with Crippen molar-refractivity contribution >= 4 is 0 Å². The Kier molecular flexibility index (Phi) is 4.00. The van der Waals surface area contributed by atoms with E-state index in [-0.39, 0.29) is 0 Å². The number of hydrogen-bond acceptors (Lipinski definition) is 1. The fourth-order valence-corrected chi connectivity index (χ4v) is 2.26. The number of epoxide rings is 1. The van der Waals surface area contributed by atoms with E-state index in [1.54, 1.807) is 0 Å². The third-order valence-corrected chi connectivity index (χ3v) is 3.37. The minimum Gasteiger partial charge on any atom is -0.370 e. The molecule has 1 aromatic rings. The van der Waals surface area contributed by atoms with E-state index in [1.165, 1.54) is 36.8 Å². The summed E-state index contributed by atoms with van der Waals surface area (Å²) in [5.41, 5.74) is 2.91. The van der Waals surface area contributed by atoms with Gasteiger partial charge in [-0.2, -0.15) is 0 Å². The lowest BCUT2D eigenvalue weighted by molar-refractivity contribution is 0.360.